The Hall–Kier alpha value is -1.51. The summed E-state index contributed by atoms with van der Waals surface area (Å²) in [4.78, 5) is 11.1. The SMILES string of the molecule is CCN(C(C)C(=O)O)S(=O)(=O)c1sc2cccc(F)c2c1C. The summed E-state index contributed by atoms with van der Waals surface area (Å²) in [5.41, 5.74) is 0.314. The zero-order valence-electron chi connectivity index (χ0n) is 12.3. The number of sulfonamides is 1. The highest BCUT2D eigenvalue weighted by Gasteiger charge is 2.34. The highest BCUT2D eigenvalue weighted by Crippen LogP contribution is 2.37. The molecule has 0 radical (unpaired) electrons. The van der Waals surface area contributed by atoms with Crippen molar-refractivity contribution in [3.8, 4) is 0 Å². The lowest BCUT2D eigenvalue weighted by molar-refractivity contribution is -0.140. The number of aryl methyl sites for hydroxylation is 1. The van der Waals surface area contributed by atoms with Gasteiger partial charge in [-0.3, -0.25) is 4.79 Å². The van der Waals surface area contributed by atoms with Crippen LogP contribution in [0.15, 0.2) is 22.4 Å². The number of nitrogens with zero attached hydrogens (tertiary/aromatic N) is 1. The van der Waals surface area contributed by atoms with Crippen molar-refractivity contribution in [2.24, 2.45) is 0 Å². The van der Waals surface area contributed by atoms with Gasteiger partial charge in [0.2, 0.25) is 0 Å². The van der Waals surface area contributed by atoms with Gasteiger partial charge in [-0.1, -0.05) is 13.0 Å². The molecule has 8 heteroatoms. The summed E-state index contributed by atoms with van der Waals surface area (Å²) >= 11 is 0.955. The third kappa shape index (κ3) is 2.62. The summed E-state index contributed by atoms with van der Waals surface area (Å²) in [6.45, 7) is 4.44. The van der Waals surface area contributed by atoms with Crippen molar-refractivity contribution in [2.45, 2.75) is 31.0 Å². The van der Waals surface area contributed by atoms with Crippen molar-refractivity contribution < 1.29 is 22.7 Å². The number of carboxylic acid groups (broad SMARTS) is 1. The molecule has 1 N–H and O–H groups in total. The van der Waals surface area contributed by atoms with Gasteiger partial charge in [0, 0.05) is 16.6 Å². The number of hydrogen-bond acceptors (Lipinski definition) is 4. The number of hydrogen-bond donors (Lipinski definition) is 1. The minimum Gasteiger partial charge on any atom is -0.480 e. The molecule has 2 rings (SSSR count). The van der Waals surface area contributed by atoms with Gasteiger partial charge in [0.1, 0.15) is 16.1 Å². The Kier molecular flexibility index (Phi) is 4.55. The Labute approximate surface area is 132 Å². The first-order valence-electron chi connectivity index (χ1n) is 6.64. The summed E-state index contributed by atoms with van der Waals surface area (Å²) in [7, 11) is -4.00. The van der Waals surface area contributed by atoms with E-state index in [0.717, 1.165) is 15.6 Å². The van der Waals surface area contributed by atoms with Crippen LogP contribution in [-0.4, -0.2) is 36.4 Å². The Bertz CT molecular complexity index is 829. The quantitative estimate of drug-likeness (QED) is 0.904. The second kappa shape index (κ2) is 5.94. The van der Waals surface area contributed by atoms with Crippen LogP contribution in [0.5, 0.6) is 0 Å². The third-order valence-corrected chi connectivity index (χ3v) is 7.40. The largest absolute Gasteiger partial charge is 0.480 e. The highest BCUT2D eigenvalue weighted by atomic mass is 32.2. The fraction of sp³-hybridized carbons (Fsp3) is 0.357. The lowest BCUT2D eigenvalue weighted by Crippen LogP contribution is -2.42. The topological polar surface area (TPSA) is 74.7 Å². The molecule has 0 amide bonds. The average Bonchev–Trinajstić information content (AvgIpc) is 2.78. The maximum Gasteiger partial charge on any atom is 0.321 e. The second-order valence-electron chi connectivity index (χ2n) is 4.85. The van der Waals surface area contributed by atoms with E-state index in [0.29, 0.717) is 10.3 Å². The maximum absolute atomic E-state index is 13.9. The van der Waals surface area contributed by atoms with Crippen LogP contribution in [0.2, 0.25) is 0 Å². The molecule has 1 aromatic carbocycles. The Morgan fingerprint density at radius 3 is 2.59 bits per heavy atom. The smallest absolute Gasteiger partial charge is 0.321 e. The molecule has 0 spiro atoms. The standard InChI is InChI=1S/C14H16FNO4S2/c1-4-16(9(3)13(17)18)22(19,20)14-8(2)12-10(15)6-5-7-11(12)21-14/h5-7,9H,4H2,1-3H3,(H,17,18). The van der Waals surface area contributed by atoms with Crippen molar-refractivity contribution in [1.29, 1.82) is 0 Å². The molecule has 0 aliphatic carbocycles. The molecule has 0 aliphatic rings. The minimum atomic E-state index is -4.00. The molecule has 0 bridgehead atoms. The average molecular weight is 345 g/mol. The number of benzene rings is 1. The molecule has 0 fully saturated rings. The normalized spacial score (nSPS) is 13.7. The van der Waals surface area contributed by atoms with Gasteiger partial charge in [-0.05, 0) is 31.5 Å². The van der Waals surface area contributed by atoms with Crippen LogP contribution in [0, 0.1) is 12.7 Å². The first-order chi connectivity index (χ1) is 10.2. The van der Waals surface area contributed by atoms with Crippen LogP contribution in [0.1, 0.15) is 19.4 Å². The van der Waals surface area contributed by atoms with Crippen LogP contribution in [0.3, 0.4) is 0 Å². The van der Waals surface area contributed by atoms with E-state index in [1.807, 2.05) is 0 Å². The van der Waals surface area contributed by atoms with Crippen LogP contribution in [0.25, 0.3) is 10.1 Å². The number of aliphatic carboxylic acids is 1. The predicted molar refractivity (Wildman–Crippen MR) is 83.2 cm³/mol. The first-order valence-corrected chi connectivity index (χ1v) is 8.89. The van der Waals surface area contributed by atoms with E-state index in [1.165, 1.54) is 26.0 Å². The second-order valence-corrected chi connectivity index (χ2v) is 7.99. The van der Waals surface area contributed by atoms with Crippen LogP contribution in [0.4, 0.5) is 4.39 Å². The van der Waals surface area contributed by atoms with Crippen molar-refractivity contribution in [3.63, 3.8) is 0 Å². The molecule has 1 atom stereocenters. The molecule has 0 saturated heterocycles. The van der Waals surface area contributed by atoms with Gasteiger partial charge in [-0.25, -0.2) is 12.8 Å². The van der Waals surface area contributed by atoms with E-state index < -0.39 is 27.9 Å². The lowest BCUT2D eigenvalue weighted by Gasteiger charge is -2.23. The number of thiophene rings is 1. The van der Waals surface area contributed by atoms with E-state index in [4.69, 9.17) is 5.11 Å². The van der Waals surface area contributed by atoms with E-state index >= 15 is 0 Å². The summed E-state index contributed by atoms with van der Waals surface area (Å²) in [6, 6.07) is 3.24. The van der Waals surface area contributed by atoms with Crippen LogP contribution >= 0.6 is 11.3 Å². The number of carboxylic acids is 1. The Morgan fingerprint density at radius 2 is 2.09 bits per heavy atom. The van der Waals surface area contributed by atoms with Gasteiger partial charge in [0.15, 0.2) is 0 Å². The molecule has 1 heterocycles. The molecular formula is C14H16FNO4S2. The highest BCUT2D eigenvalue weighted by molar-refractivity contribution is 7.91. The number of carbonyl (C=O) groups is 1. The lowest BCUT2D eigenvalue weighted by atomic mass is 10.2. The van der Waals surface area contributed by atoms with E-state index in [2.05, 4.69) is 0 Å². The Morgan fingerprint density at radius 1 is 1.45 bits per heavy atom. The van der Waals surface area contributed by atoms with Crippen molar-refractivity contribution in [2.75, 3.05) is 6.54 Å². The summed E-state index contributed by atoms with van der Waals surface area (Å²) in [5.74, 6) is -1.71. The van der Waals surface area contributed by atoms with Gasteiger partial charge in [0.05, 0.1) is 0 Å². The molecule has 1 aromatic heterocycles. The molecule has 120 valence electrons. The molecule has 5 nitrogen and oxygen atoms in total. The van der Waals surface area contributed by atoms with E-state index in [1.54, 1.807) is 13.0 Å². The molecule has 22 heavy (non-hydrogen) atoms. The van der Waals surface area contributed by atoms with Crippen molar-refractivity contribution in [3.05, 3.63) is 29.6 Å². The van der Waals surface area contributed by atoms with Crippen molar-refractivity contribution >= 4 is 37.4 Å². The van der Waals surface area contributed by atoms with Crippen LogP contribution < -0.4 is 0 Å². The van der Waals surface area contributed by atoms with E-state index in [9.17, 15) is 17.6 Å². The van der Waals surface area contributed by atoms with Crippen LogP contribution in [-0.2, 0) is 14.8 Å². The maximum atomic E-state index is 13.9. The number of fused-ring (bicyclic) bond motifs is 1. The van der Waals surface area contributed by atoms with Crippen molar-refractivity contribution in [1.82, 2.24) is 4.31 Å². The predicted octanol–water partition coefficient (Wildman–Crippen LogP) is 2.83. The van der Waals surface area contributed by atoms with Gasteiger partial charge in [-0.15, -0.1) is 11.3 Å². The van der Waals surface area contributed by atoms with Gasteiger partial charge < -0.3 is 5.11 Å². The molecular weight excluding hydrogens is 329 g/mol. The fourth-order valence-electron chi connectivity index (χ4n) is 2.36. The summed E-state index contributed by atoms with van der Waals surface area (Å²) < 4.78 is 40.9. The van der Waals surface area contributed by atoms with E-state index in [-0.39, 0.29) is 16.1 Å². The molecule has 2 aromatic rings. The number of likely N-dealkylation sites (N-methyl/N-ethyl adjacent to an activating group) is 1. The monoisotopic (exact) mass is 345 g/mol. The zero-order chi connectivity index (χ0) is 16.7. The number of halogens is 1. The molecule has 1 unspecified atom stereocenters. The Balaban J connectivity index is 2.66. The first kappa shape index (κ1) is 16.9. The minimum absolute atomic E-state index is 0.0115. The number of rotatable bonds is 5. The van der Waals surface area contributed by atoms with Gasteiger partial charge >= 0.3 is 5.97 Å². The van der Waals surface area contributed by atoms with Gasteiger partial charge in [-0.2, -0.15) is 4.31 Å². The molecule has 0 saturated carbocycles. The summed E-state index contributed by atoms with van der Waals surface area (Å²) in [5, 5.41) is 9.35. The summed E-state index contributed by atoms with van der Waals surface area (Å²) in [6.07, 6.45) is 0. The third-order valence-electron chi connectivity index (χ3n) is 3.50. The molecule has 0 aliphatic heterocycles. The fourth-order valence-corrected chi connectivity index (χ4v) is 5.84. The van der Waals surface area contributed by atoms with Gasteiger partial charge in [0.25, 0.3) is 10.0 Å². The zero-order valence-corrected chi connectivity index (χ0v) is 14.0.